The van der Waals surface area contributed by atoms with Crippen molar-refractivity contribution in [2.24, 2.45) is 0 Å². The van der Waals surface area contributed by atoms with Gasteiger partial charge in [-0.3, -0.25) is 4.79 Å². The minimum absolute atomic E-state index is 0.209. The third-order valence-electron chi connectivity index (χ3n) is 4.87. The summed E-state index contributed by atoms with van der Waals surface area (Å²) in [5.41, 5.74) is 4.67. The highest BCUT2D eigenvalue weighted by Gasteiger charge is 2.14. The Hall–Kier alpha value is -3.73. The van der Waals surface area contributed by atoms with E-state index in [1.165, 1.54) is 6.08 Å². The van der Waals surface area contributed by atoms with Crippen molar-refractivity contribution >= 4 is 17.7 Å². The molecule has 31 heavy (non-hydrogen) atoms. The molecule has 0 saturated heterocycles. The summed E-state index contributed by atoms with van der Waals surface area (Å²) in [6.07, 6.45) is 3.21. The molecule has 0 atom stereocenters. The summed E-state index contributed by atoms with van der Waals surface area (Å²) in [5, 5.41) is 2.94. The molecule has 3 aromatic carbocycles. The first-order valence-corrected chi connectivity index (χ1v) is 10.00. The highest BCUT2D eigenvalue weighted by atomic mass is 16.5. The van der Waals surface area contributed by atoms with Crippen LogP contribution in [0.3, 0.4) is 0 Å². The van der Waals surface area contributed by atoms with Crippen LogP contribution in [0.2, 0.25) is 0 Å². The standard InChI is InChI=1S/C26H27NO4/c1-18-9-8-10-19(2)25(18)27-24(28)14-13-21-15-22(29-3)26(23(16-21)30-4)31-17-20-11-6-5-7-12-20/h5-16H,17H2,1-4H3,(H,27,28)/b14-13+. The van der Waals surface area contributed by atoms with E-state index in [-0.39, 0.29) is 5.91 Å². The molecule has 1 N–H and O–H groups in total. The van der Waals surface area contributed by atoms with Crippen LogP contribution in [0.25, 0.3) is 6.08 Å². The predicted molar refractivity (Wildman–Crippen MR) is 124 cm³/mol. The Bertz CT molecular complexity index is 1030. The van der Waals surface area contributed by atoms with E-state index in [1.807, 2.05) is 74.5 Å². The molecular weight excluding hydrogens is 390 g/mol. The van der Waals surface area contributed by atoms with Crippen LogP contribution in [-0.4, -0.2) is 20.1 Å². The lowest BCUT2D eigenvalue weighted by Crippen LogP contribution is -2.10. The Morgan fingerprint density at radius 3 is 2.10 bits per heavy atom. The van der Waals surface area contributed by atoms with Gasteiger partial charge in [0.25, 0.3) is 0 Å². The number of carbonyl (C=O) groups excluding carboxylic acids is 1. The number of amides is 1. The number of para-hydroxylation sites is 1. The van der Waals surface area contributed by atoms with Crippen LogP contribution in [0.15, 0.2) is 66.7 Å². The van der Waals surface area contributed by atoms with Crippen molar-refractivity contribution in [3.05, 3.63) is 89.0 Å². The first-order valence-electron chi connectivity index (χ1n) is 10.00. The van der Waals surface area contributed by atoms with Gasteiger partial charge in [-0.2, -0.15) is 0 Å². The molecule has 0 fully saturated rings. The third-order valence-corrected chi connectivity index (χ3v) is 4.87. The van der Waals surface area contributed by atoms with E-state index < -0.39 is 0 Å². The Kier molecular flexibility index (Phi) is 7.33. The average molecular weight is 418 g/mol. The van der Waals surface area contributed by atoms with E-state index in [0.717, 1.165) is 27.9 Å². The van der Waals surface area contributed by atoms with Crippen LogP contribution in [-0.2, 0) is 11.4 Å². The molecule has 0 aliphatic heterocycles. The maximum Gasteiger partial charge on any atom is 0.248 e. The molecule has 0 aliphatic carbocycles. The highest BCUT2D eigenvalue weighted by Crippen LogP contribution is 2.39. The zero-order chi connectivity index (χ0) is 22.2. The van der Waals surface area contributed by atoms with Crippen LogP contribution in [0.4, 0.5) is 5.69 Å². The lowest BCUT2D eigenvalue weighted by atomic mass is 10.1. The number of hydrogen-bond donors (Lipinski definition) is 1. The van der Waals surface area contributed by atoms with Gasteiger partial charge in [-0.1, -0.05) is 48.5 Å². The molecule has 0 aromatic heterocycles. The summed E-state index contributed by atoms with van der Waals surface area (Å²) in [4.78, 5) is 12.4. The predicted octanol–water partition coefficient (Wildman–Crippen LogP) is 5.55. The second-order valence-electron chi connectivity index (χ2n) is 7.12. The van der Waals surface area contributed by atoms with Gasteiger partial charge in [0.05, 0.1) is 14.2 Å². The van der Waals surface area contributed by atoms with Crippen molar-refractivity contribution in [1.82, 2.24) is 0 Å². The van der Waals surface area contributed by atoms with E-state index in [9.17, 15) is 4.79 Å². The van der Waals surface area contributed by atoms with Crippen molar-refractivity contribution in [3.8, 4) is 17.2 Å². The van der Waals surface area contributed by atoms with Crippen molar-refractivity contribution in [3.63, 3.8) is 0 Å². The maximum atomic E-state index is 12.4. The van der Waals surface area contributed by atoms with Gasteiger partial charge in [-0.25, -0.2) is 0 Å². The maximum absolute atomic E-state index is 12.4. The molecule has 0 spiro atoms. The van der Waals surface area contributed by atoms with Crippen molar-refractivity contribution in [1.29, 1.82) is 0 Å². The van der Waals surface area contributed by atoms with Gasteiger partial charge in [0.1, 0.15) is 6.61 Å². The van der Waals surface area contributed by atoms with E-state index in [4.69, 9.17) is 14.2 Å². The van der Waals surface area contributed by atoms with Gasteiger partial charge in [0, 0.05) is 11.8 Å². The van der Waals surface area contributed by atoms with Crippen molar-refractivity contribution < 1.29 is 19.0 Å². The van der Waals surface area contributed by atoms with Crippen LogP contribution < -0.4 is 19.5 Å². The Morgan fingerprint density at radius 2 is 1.52 bits per heavy atom. The molecule has 0 unspecified atom stereocenters. The topological polar surface area (TPSA) is 56.8 Å². The summed E-state index contributed by atoms with van der Waals surface area (Å²) in [6, 6.07) is 19.4. The van der Waals surface area contributed by atoms with Crippen molar-refractivity contribution in [2.75, 3.05) is 19.5 Å². The molecule has 0 bridgehead atoms. The third kappa shape index (κ3) is 5.66. The fourth-order valence-corrected chi connectivity index (χ4v) is 3.22. The lowest BCUT2D eigenvalue weighted by Gasteiger charge is -2.15. The number of ether oxygens (including phenoxy) is 3. The van der Waals surface area contributed by atoms with Crippen LogP contribution >= 0.6 is 0 Å². The minimum atomic E-state index is -0.209. The summed E-state index contributed by atoms with van der Waals surface area (Å²) in [6.45, 7) is 4.33. The Morgan fingerprint density at radius 1 is 0.903 bits per heavy atom. The van der Waals surface area contributed by atoms with E-state index in [1.54, 1.807) is 20.3 Å². The van der Waals surface area contributed by atoms with Gasteiger partial charge in [0.15, 0.2) is 11.5 Å². The zero-order valence-corrected chi connectivity index (χ0v) is 18.3. The smallest absolute Gasteiger partial charge is 0.248 e. The van der Waals surface area contributed by atoms with Crippen LogP contribution in [0.5, 0.6) is 17.2 Å². The number of carbonyl (C=O) groups is 1. The summed E-state index contributed by atoms with van der Waals surface area (Å²) < 4.78 is 17.0. The molecular formula is C26H27NO4. The number of hydrogen-bond acceptors (Lipinski definition) is 4. The number of aryl methyl sites for hydroxylation is 2. The molecule has 3 rings (SSSR count). The van der Waals surface area contributed by atoms with Gasteiger partial charge in [-0.05, 0) is 54.3 Å². The molecule has 0 heterocycles. The van der Waals surface area contributed by atoms with E-state index in [0.29, 0.717) is 23.9 Å². The quantitative estimate of drug-likeness (QED) is 0.488. The summed E-state index contributed by atoms with van der Waals surface area (Å²) in [7, 11) is 3.15. The van der Waals surface area contributed by atoms with Crippen LogP contribution in [0, 0.1) is 13.8 Å². The number of nitrogens with one attached hydrogen (secondary N) is 1. The lowest BCUT2D eigenvalue weighted by molar-refractivity contribution is -0.111. The molecule has 160 valence electrons. The molecule has 5 heteroatoms. The highest BCUT2D eigenvalue weighted by molar-refractivity contribution is 6.02. The summed E-state index contributed by atoms with van der Waals surface area (Å²) >= 11 is 0. The molecule has 0 aliphatic rings. The molecule has 5 nitrogen and oxygen atoms in total. The second kappa shape index (κ2) is 10.3. The first-order chi connectivity index (χ1) is 15.0. The number of rotatable bonds is 8. The molecule has 0 saturated carbocycles. The fraction of sp³-hybridized carbons (Fsp3) is 0.192. The minimum Gasteiger partial charge on any atom is -0.493 e. The monoisotopic (exact) mass is 417 g/mol. The fourth-order valence-electron chi connectivity index (χ4n) is 3.22. The van der Waals surface area contributed by atoms with Gasteiger partial charge >= 0.3 is 0 Å². The average Bonchev–Trinajstić information content (AvgIpc) is 2.79. The Labute approximate surface area is 183 Å². The number of anilines is 1. The van der Waals surface area contributed by atoms with Crippen molar-refractivity contribution in [2.45, 2.75) is 20.5 Å². The van der Waals surface area contributed by atoms with Gasteiger partial charge < -0.3 is 19.5 Å². The normalized spacial score (nSPS) is 10.7. The molecule has 3 aromatic rings. The molecule has 0 radical (unpaired) electrons. The largest absolute Gasteiger partial charge is 0.493 e. The Balaban J connectivity index is 1.77. The number of methoxy groups -OCH3 is 2. The summed E-state index contributed by atoms with van der Waals surface area (Å²) in [5.74, 6) is 1.38. The zero-order valence-electron chi connectivity index (χ0n) is 18.3. The van der Waals surface area contributed by atoms with E-state index in [2.05, 4.69) is 5.32 Å². The van der Waals surface area contributed by atoms with Gasteiger partial charge in [0.2, 0.25) is 11.7 Å². The van der Waals surface area contributed by atoms with Gasteiger partial charge in [-0.15, -0.1) is 0 Å². The van der Waals surface area contributed by atoms with E-state index >= 15 is 0 Å². The number of benzene rings is 3. The first kappa shape index (κ1) is 22.0. The van der Waals surface area contributed by atoms with Crippen LogP contribution in [0.1, 0.15) is 22.3 Å². The molecule has 1 amide bonds. The SMILES string of the molecule is COc1cc(/C=C/C(=O)Nc2c(C)cccc2C)cc(OC)c1OCc1ccccc1. The second-order valence-corrected chi connectivity index (χ2v) is 7.12.